The second kappa shape index (κ2) is 8.79. The molecule has 5 nitrogen and oxygen atoms in total. The first kappa shape index (κ1) is 18.4. The van der Waals surface area contributed by atoms with Gasteiger partial charge in [-0.3, -0.25) is 9.78 Å². The molecule has 2 aromatic rings. The number of nitrogens with one attached hydrogen (secondary N) is 1. The van der Waals surface area contributed by atoms with E-state index in [0.717, 1.165) is 36.6 Å². The Morgan fingerprint density at radius 1 is 1.08 bits per heavy atom. The number of amides is 1. The molecule has 1 N–H and O–H groups in total. The second-order valence-corrected chi connectivity index (χ2v) is 7.29. The van der Waals surface area contributed by atoms with Gasteiger partial charge in [-0.05, 0) is 43.7 Å². The first-order chi connectivity index (χ1) is 12.6. The van der Waals surface area contributed by atoms with Crippen LogP contribution in [0.4, 0.5) is 5.82 Å². The average Bonchev–Trinajstić information content (AvgIpc) is 2.68. The molecule has 1 aliphatic rings. The van der Waals surface area contributed by atoms with Crippen LogP contribution in [0.1, 0.15) is 49.9 Å². The zero-order valence-corrected chi connectivity index (χ0v) is 15.7. The topological polar surface area (TPSA) is 58.1 Å². The first-order valence-electron chi connectivity index (χ1n) is 9.60. The van der Waals surface area contributed by atoms with Gasteiger partial charge in [-0.25, -0.2) is 4.98 Å². The summed E-state index contributed by atoms with van der Waals surface area (Å²) in [6.07, 6.45) is 8.16. The highest BCUT2D eigenvalue weighted by Crippen LogP contribution is 2.28. The minimum Gasteiger partial charge on any atom is -0.355 e. The standard InChI is InChI=1S/C21H28N4O/c1-16(2)10-11-24-21(26)18-8-6-17(7-9-18)19-20(23-13-12-22-19)25-14-4-3-5-15-25/h6-9,12-13,16H,3-5,10-11,14-15H2,1-2H3,(H,24,26). The van der Waals surface area contributed by atoms with Crippen LogP contribution in [0.15, 0.2) is 36.7 Å². The van der Waals surface area contributed by atoms with Gasteiger partial charge in [-0.2, -0.15) is 0 Å². The number of carbonyl (C=O) groups is 1. The van der Waals surface area contributed by atoms with E-state index >= 15 is 0 Å². The van der Waals surface area contributed by atoms with Crippen LogP contribution >= 0.6 is 0 Å². The Labute approximate surface area is 155 Å². The lowest BCUT2D eigenvalue weighted by atomic mass is 10.1. The van der Waals surface area contributed by atoms with E-state index in [1.807, 2.05) is 24.3 Å². The monoisotopic (exact) mass is 352 g/mol. The van der Waals surface area contributed by atoms with Gasteiger partial charge in [0.2, 0.25) is 0 Å². The molecule has 1 aliphatic heterocycles. The zero-order chi connectivity index (χ0) is 18.4. The summed E-state index contributed by atoms with van der Waals surface area (Å²) < 4.78 is 0. The molecule has 1 saturated heterocycles. The quantitative estimate of drug-likeness (QED) is 0.856. The van der Waals surface area contributed by atoms with Gasteiger partial charge in [0, 0.05) is 43.2 Å². The van der Waals surface area contributed by atoms with Crippen LogP contribution in [0.5, 0.6) is 0 Å². The summed E-state index contributed by atoms with van der Waals surface area (Å²) in [7, 11) is 0. The van der Waals surface area contributed by atoms with Crippen LogP contribution in [0, 0.1) is 5.92 Å². The van der Waals surface area contributed by atoms with Gasteiger partial charge in [0.05, 0.1) is 0 Å². The fourth-order valence-electron chi connectivity index (χ4n) is 3.23. The average molecular weight is 352 g/mol. The van der Waals surface area contributed by atoms with E-state index in [9.17, 15) is 4.79 Å². The van der Waals surface area contributed by atoms with E-state index in [1.54, 1.807) is 12.4 Å². The van der Waals surface area contributed by atoms with Gasteiger partial charge >= 0.3 is 0 Å². The number of aromatic nitrogens is 2. The number of anilines is 1. The molecule has 0 radical (unpaired) electrons. The molecular formula is C21H28N4O. The van der Waals surface area contributed by atoms with Crippen molar-refractivity contribution in [3.63, 3.8) is 0 Å². The van der Waals surface area contributed by atoms with Crippen molar-refractivity contribution in [2.75, 3.05) is 24.5 Å². The van der Waals surface area contributed by atoms with Crippen molar-refractivity contribution in [3.8, 4) is 11.3 Å². The van der Waals surface area contributed by atoms with Gasteiger partial charge < -0.3 is 10.2 Å². The molecule has 1 fully saturated rings. The minimum absolute atomic E-state index is 0.0207. The largest absolute Gasteiger partial charge is 0.355 e. The lowest BCUT2D eigenvalue weighted by Gasteiger charge is -2.28. The fourth-order valence-corrected chi connectivity index (χ4v) is 3.23. The maximum absolute atomic E-state index is 12.2. The molecule has 5 heteroatoms. The third-order valence-electron chi connectivity index (χ3n) is 4.76. The molecule has 0 unspecified atom stereocenters. The first-order valence-corrected chi connectivity index (χ1v) is 9.60. The van der Waals surface area contributed by atoms with Crippen LogP contribution < -0.4 is 10.2 Å². The van der Waals surface area contributed by atoms with Gasteiger partial charge in [0.25, 0.3) is 5.91 Å². The van der Waals surface area contributed by atoms with Crippen molar-refractivity contribution < 1.29 is 4.79 Å². The summed E-state index contributed by atoms with van der Waals surface area (Å²) in [5.74, 6) is 1.51. The number of nitrogens with zero attached hydrogens (tertiary/aromatic N) is 3. The van der Waals surface area contributed by atoms with Crippen LogP contribution in [-0.2, 0) is 0 Å². The predicted octanol–water partition coefficient (Wildman–Crippen LogP) is 3.91. The Hall–Kier alpha value is -2.43. The van der Waals surface area contributed by atoms with Crippen molar-refractivity contribution in [2.24, 2.45) is 5.92 Å². The van der Waals surface area contributed by atoms with Gasteiger partial charge in [0.1, 0.15) is 5.69 Å². The van der Waals surface area contributed by atoms with Crippen molar-refractivity contribution in [3.05, 3.63) is 42.2 Å². The summed E-state index contributed by atoms with van der Waals surface area (Å²) in [6.45, 7) is 7.08. The van der Waals surface area contributed by atoms with Crippen LogP contribution in [0.3, 0.4) is 0 Å². The number of carbonyl (C=O) groups excluding carboxylic acids is 1. The molecule has 0 aliphatic carbocycles. The zero-order valence-electron chi connectivity index (χ0n) is 15.7. The molecule has 1 aromatic heterocycles. The summed E-state index contributed by atoms with van der Waals surface area (Å²) in [5.41, 5.74) is 2.57. The van der Waals surface area contributed by atoms with Gasteiger partial charge in [0.15, 0.2) is 5.82 Å². The smallest absolute Gasteiger partial charge is 0.251 e. The minimum atomic E-state index is -0.0207. The maximum atomic E-state index is 12.2. The summed E-state index contributed by atoms with van der Waals surface area (Å²) in [6, 6.07) is 7.67. The van der Waals surface area contributed by atoms with Crippen molar-refractivity contribution in [1.29, 1.82) is 0 Å². The SMILES string of the molecule is CC(C)CCNC(=O)c1ccc(-c2nccnc2N2CCCCC2)cc1. The molecule has 1 aromatic carbocycles. The lowest BCUT2D eigenvalue weighted by molar-refractivity contribution is 0.0952. The van der Waals surface area contributed by atoms with E-state index in [2.05, 4.69) is 34.0 Å². The second-order valence-electron chi connectivity index (χ2n) is 7.29. The molecule has 3 rings (SSSR count). The highest BCUT2D eigenvalue weighted by atomic mass is 16.1. The molecule has 1 amide bonds. The van der Waals surface area contributed by atoms with Crippen LogP contribution in [-0.4, -0.2) is 35.5 Å². The normalized spacial score (nSPS) is 14.5. The number of rotatable bonds is 6. The maximum Gasteiger partial charge on any atom is 0.251 e. The van der Waals surface area contributed by atoms with E-state index < -0.39 is 0 Å². The highest BCUT2D eigenvalue weighted by molar-refractivity contribution is 5.94. The molecule has 0 bridgehead atoms. The van der Waals surface area contributed by atoms with E-state index in [4.69, 9.17) is 0 Å². The summed E-state index contributed by atoms with van der Waals surface area (Å²) in [5, 5.41) is 2.98. The summed E-state index contributed by atoms with van der Waals surface area (Å²) in [4.78, 5) is 23.7. The molecule has 0 saturated carbocycles. The third-order valence-corrected chi connectivity index (χ3v) is 4.76. The van der Waals surface area contributed by atoms with Crippen molar-refractivity contribution in [2.45, 2.75) is 39.5 Å². The number of benzene rings is 1. The number of hydrogen-bond donors (Lipinski definition) is 1. The van der Waals surface area contributed by atoms with Crippen LogP contribution in [0.25, 0.3) is 11.3 Å². The van der Waals surface area contributed by atoms with E-state index in [1.165, 1.54) is 19.3 Å². The molecule has 138 valence electrons. The molecule has 0 spiro atoms. The number of piperidine rings is 1. The molecule has 26 heavy (non-hydrogen) atoms. The molecular weight excluding hydrogens is 324 g/mol. The molecule has 2 heterocycles. The van der Waals surface area contributed by atoms with Crippen LogP contribution in [0.2, 0.25) is 0 Å². The summed E-state index contributed by atoms with van der Waals surface area (Å²) >= 11 is 0. The Bertz CT molecular complexity index is 721. The van der Waals surface area contributed by atoms with E-state index in [0.29, 0.717) is 18.0 Å². The fraction of sp³-hybridized carbons (Fsp3) is 0.476. The highest BCUT2D eigenvalue weighted by Gasteiger charge is 2.17. The molecule has 0 atom stereocenters. The Morgan fingerprint density at radius 2 is 1.77 bits per heavy atom. The Morgan fingerprint density at radius 3 is 2.46 bits per heavy atom. The van der Waals surface area contributed by atoms with E-state index in [-0.39, 0.29) is 5.91 Å². The van der Waals surface area contributed by atoms with Crippen molar-refractivity contribution >= 4 is 11.7 Å². The Balaban J connectivity index is 1.73. The van der Waals surface area contributed by atoms with Gasteiger partial charge in [-0.15, -0.1) is 0 Å². The van der Waals surface area contributed by atoms with Crippen molar-refractivity contribution in [1.82, 2.24) is 15.3 Å². The third kappa shape index (κ3) is 4.59. The lowest BCUT2D eigenvalue weighted by Crippen LogP contribution is -2.30. The van der Waals surface area contributed by atoms with Gasteiger partial charge in [-0.1, -0.05) is 26.0 Å². The Kier molecular flexibility index (Phi) is 6.21. The number of hydrogen-bond acceptors (Lipinski definition) is 4. The predicted molar refractivity (Wildman–Crippen MR) is 105 cm³/mol.